The van der Waals surface area contributed by atoms with Crippen molar-refractivity contribution in [3.63, 3.8) is 0 Å². The molecule has 25 heavy (non-hydrogen) atoms. The highest BCUT2D eigenvalue weighted by Gasteiger charge is 2.39. The lowest BCUT2D eigenvalue weighted by Gasteiger charge is -2.47. The molecule has 3 heterocycles. The van der Waals surface area contributed by atoms with Gasteiger partial charge in [-0.1, -0.05) is 0 Å². The topological polar surface area (TPSA) is 68.6 Å². The Morgan fingerprint density at radius 2 is 1.92 bits per heavy atom. The first-order valence-corrected chi connectivity index (χ1v) is 9.41. The Morgan fingerprint density at radius 1 is 1.24 bits per heavy atom. The highest BCUT2D eigenvalue weighted by Crippen LogP contribution is 2.40. The molecule has 0 spiro atoms. The lowest BCUT2D eigenvalue weighted by atomic mass is 9.87. The summed E-state index contributed by atoms with van der Waals surface area (Å²) in [6.45, 7) is 5.52. The number of rotatable bonds is 5. The summed E-state index contributed by atoms with van der Waals surface area (Å²) in [5.74, 6) is 0.524. The van der Waals surface area contributed by atoms with Gasteiger partial charge in [0.05, 0.1) is 13.2 Å². The molecule has 0 radical (unpaired) electrons. The van der Waals surface area contributed by atoms with E-state index in [4.69, 9.17) is 9.47 Å². The van der Waals surface area contributed by atoms with Gasteiger partial charge in [0.1, 0.15) is 5.69 Å². The van der Waals surface area contributed by atoms with Gasteiger partial charge in [0.2, 0.25) is 0 Å². The molecule has 7 heteroatoms. The number of carbonyl (C=O) groups is 1. The molecule has 0 aromatic carbocycles. The van der Waals surface area contributed by atoms with Crippen LogP contribution in [0.5, 0.6) is 0 Å². The van der Waals surface area contributed by atoms with Crippen LogP contribution in [-0.4, -0.2) is 72.2 Å². The Hall–Kier alpha value is -1.44. The summed E-state index contributed by atoms with van der Waals surface area (Å²) in [4.78, 5) is 15.1. The van der Waals surface area contributed by atoms with Crippen molar-refractivity contribution in [2.45, 2.75) is 37.1 Å². The maximum atomic E-state index is 12.7. The van der Waals surface area contributed by atoms with Gasteiger partial charge in [0.15, 0.2) is 0 Å². The Morgan fingerprint density at radius 3 is 2.60 bits per heavy atom. The first kappa shape index (κ1) is 17.0. The van der Waals surface area contributed by atoms with Crippen LogP contribution in [0.1, 0.15) is 47.8 Å². The van der Waals surface area contributed by atoms with Gasteiger partial charge in [-0.3, -0.25) is 14.4 Å². The number of morpholine rings is 1. The summed E-state index contributed by atoms with van der Waals surface area (Å²) in [6.07, 6.45) is 4.31. The van der Waals surface area contributed by atoms with Crippen molar-refractivity contribution in [2.75, 3.05) is 46.1 Å². The maximum Gasteiger partial charge on any atom is 0.271 e. The van der Waals surface area contributed by atoms with Crippen molar-refractivity contribution in [2.24, 2.45) is 7.05 Å². The number of aromatic nitrogens is 2. The van der Waals surface area contributed by atoms with Crippen LogP contribution in [0, 0.1) is 0 Å². The molecule has 0 atom stereocenters. The van der Waals surface area contributed by atoms with Crippen LogP contribution < -0.4 is 5.32 Å². The molecule has 1 aromatic heterocycles. The third kappa shape index (κ3) is 3.59. The number of amides is 1. The fourth-order valence-electron chi connectivity index (χ4n) is 4.08. The van der Waals surface area contributed by atoms with Crippen molar-refractivity contribution in [3.05, 3.63) is 17.5 Å². The molecule has 3 aliphatic rings. The monoisotopic (exact) mass is 348 g/mol. The molecule has 7 nitrogen and oxygen atoms in total. The van der Waals surface area contributed by atoms with E-state index in [0.717, 1.165) is 52.4 Å². The molecule has 1 aromatic rings. The van der Waals surface area contributed by atoms with Crippen molar-refractivity contribution in [1.29, 1.82) is 0 Å². The third-order valence-electron chi connectivity index (χ3n) is 5.83. The average molecular weight is 348 g/mol. The van der Waals surface area contributed by atoms with Crippen molar-refractivity contribution in [3.8, 4) is 0 Å². The predicted octanol–water partition coefficient (Wildman–Crippen LogP) is 0.909. The summed E-state index contributed by atoms with van der Waals surface area (Å²) in [5, 5.41) is 7.57. The van der Waals surface area contributed by atoms with Gasteiger partial charge in [0, 0.05) is 57.0 Å². The zero-order valence-electron chi connectivity index (χ0n) is 15.0. The highest BCUT2D eigenvalue weighted by molar-refractivity contribution is 5.92. The summed E-state index contributed by atoms with van der Waals surface area (Å²) in [5.41, 5.74) is 1.69. The molecule has 3 fully saturated rings. The van der Waals surface area contributed by atoms with E-state index < -0.39 is 0 Å². The molecule has 1 saturated carbocycles. The average Bonchev–Trinajstić information content (AvgIpc) is 3.43. The molecular formula is C18H28N4O3. The van der Waals surface area contributed by atoms with Gasteiger partial charge in [-0.25, -0.2) is 0 Å². The van der Waals surface area contributed by atoms with E-state index >= 15 is 0 Å². The summed E-state index contributed by atoms with van der Waals surface area (Å²) in [7, 11) is 1.93. The van der Waals surface area contributed by atoms with E-state index in [0.29, 0.717) is 18.2 Å². The van der Waals surface area contributed by atoms with Crippen LogP contribution >= 0.6 is 0 Å². The highest BCUT2D eigenvalue weighted by atomic mass is 16.5. The van der Waals surface area contributed by atoms with Gasteiger partial charge in [-0.15, -0.1) is 0 Å². The standard InChI is InChI=1S/C18H28N4O3/c1-21-16(14-2-3-14)12-15(20-21)17(23)19-13-18(4-8-24-9-5-18)22-6-10-25-11-7-22/h12,14H,2-11,13H2,1H3,(H,19,23). The maximum absolute atomic E-state index is 12.7. The molecule has 0 bridgehead atoms. The van der Waals surface area contributed by atoms with Crippen LogP contribution in [0.2, 0.25) is 0 Å². The van der Waals surface area contributed by atoms with E-state index in [2.05, 4.69) is 15.3 Å². The fraction of sp³-hybridized carbons (Fsp3) is 0.778. The van der Waals surface area contributed by atoms with Crippen LogP contribution in [0.3, 0.4) is 0 Å². The molecule has 1 aliphatic carbocycles. The quantitative estimate of drug-likeness (QED) is 0.857. The molecule has 138 valence electrons. The number of nitrogens with one attached hydrogen (secondary N) is 1. The number of ether oxygens (including phenoxy) is 2. The van der Waals surface area contributed by atoms with E-state index in [-0.39, 0.29) is 11.4 Å². The second kappa shape index (κ2) is 7.05. The van der Waals surface area contributed by atoms with Crippen LogP contribution in [0.25, 0.3) is 0 Å². The number of hydrogen-bond acceptors (Lipinski definition) is 5. The van der Waals surface area contributed by atoms with E-state index in [1.807, 2.05) is 17.8 Å². The normalized spacial score (nSPS) is 24.2. The van der Waals surface area contributed by atoms with Crippen LogP contribution in [-0.2, 0) is 16.5 Å². The smallest absolute Gasteiger partial charge is 0.271 e. The Bertz CT molecular complexity index is 614. The van der Waals surface area contributed by atoms with Crippen molar-refractivity contribution in [1.82, 2.24) is 20.0 Å². The Balaban J connectivity index is 1.43. The minimum Gasteiger partial charge on any atom is -0.381 e. The molecular weight excluding hydrogens is 320 g/mol. The first-order valence-electron chi connectivity index (χ1n) is 9.41. The van der Waals surface area contributed by atoms with Crippen LogP contribution in [0.15, 0.2) is 6.07 Å². The molecule has 2 aliphatic heterocycles. The minimum atomic E-state index is -0.0679. The molecule has 0 unspecified atom stereocenters. The number of nitrogens with zero attached hydrogens (tertiary/aromatic N) is 3. The largest absolute Gasteiger partial charge is 0.381 e. The van der Waals surface area contributed by atoms with Gasteiger partial charge in [-0.05, 0) is 31.7 Å². The fourth-order valence-corrected chi connectivity index (χ4v) is 4.08. The lowest BCUT2D eigenvalue weighted by Crippen LogP contribution is -2.61. The van der Waals surface area contributed by atoms with E-state index in [1.54, 1.807) is 0 Å². The number of aryl methyl sites for hydroxylation is 1. The molecule has 1 N–H and O–H groups in total. The van der Waals surface area contributed by atoms with Gasteiger partial charge in [0.25, 0.3) is 5.91 Å². The lowest BCUT2D eigenvalue weighted by molar-refractivity contribution is -0.0693. The van der Waals surface area contributed by atoms with Crippen molar-refractivity contribution >= 4 is 5.91 Å². The summed E-state index contributed by atoms with van der Waals surface area (Å²) < 4.78 is 12.9. The Labute approximate surface area is 148 Å². The van der Waals surface area contributed by atoms with E-state index in [1.165, 1.54) is 18.5 Å². The second-order valence-corrected chi connectivity index (χ2v) is 7.47. The van der Waals surface area contributed by atoms with Gasteiger partial charge in [-0.2, -0.15) is 5.10 Å². The zero-order chi connectivity index (χ0) is 17.3. The summed E-state index contributed by atoms with van der Waals surface area (Å²) >= 11 is 0. The van der Waals surface area contributed by atoms with Crippen LogP contribution in [0.4, 0.5) is 0 Å². The van der Waals surface area contributed by atoms with E-state index in [9.17, 15) is 4.79 Å². The Kier molecular flexibility index (Phi) is 4.80. The number of hydrogen-bond donors (Lipinski definition) is 1. The number of carbonyl (C=O) groups excluding carboxylic acids is 1. The third-order valence-corrected chi connectivity index (χ3v) is 5.83. The zero-order valence-corrected chi connectivity index (χ0v) is 15.0. The van der Waals surface area contributed by atoms with Gasteiger partial charge >= 0.3 is 0 Å². The predicted molar refractivity (Wildman–Crippen MR) is 92.7 cm³/mol. The SMILES string of the molecule is Cn1nc(C(=O)NCC2(N3CCOCC3)CCOCC2)cc1C1CC1. The van der Waals surface area contributed by atoms with Gasteiger partial charge < -0.3 is 14.8 Å². The minimum absolute atomic E-state index is 0.0220. The summed E-state index contributed by atoms with van der Waals surface area (Å²) in [6, 6.07) is 1.96. The molecule has 1 amide bonds. The second-order valence-electron chi connectivity index (χ2n) is 7.47. The molecule has 2 saturated heterocycles. The molecule has 4 rings (SSSR count). The van der Waals surface area contributed by atoms with Crippen molar-refractivity contribution < 1.29 is 14.3 Å². The first-order chi connectivity index (χ1) is 12.2.